The second-order valence-electron chi connectivity index (χ2n) is 5.37. The zero-order chi connectivity index (χ0) is 20.7. The van der Waals surface area contributed by atoms with E-state index in [1.165, 1.54) is 0 Å². The number of hydrogen-bond acceptors (Lipinski definition) is 8. The molecule has 0 aliphatic rings. The number of nitrogens with one attached hydrogen (secondary N) is 1. The van der Waals surface area contributed by atoms with Gasteiger partial charge >= 0.3 is 5.97 Å². The van der Waals surface area contributed by atoms with Gasteiger partial charge in [-0.1, -0.05) is 11.6 Å². The lowest BCUT2D eigenvalue weighted by Gasteiger charge is -2.04. The smallest absolute Gasteiger partial charge is 0.313 e. The molecule has 2 rings (SSSR count). The van der Waals surface area contributed by atoms with E-state index in [9.17, 15) is 19.6 Å². The second kappa shape index (κ2) is 10.1. The van der Waals surface area contributed by atoms with E-state index < -0.39 is 18.2 Å². The Hall–Kier alpha value is -2.54. The van der Waals surface area contributed by atoms with Crippen molar-refractivity contribution < 1.29 is 19.1 Å². The molecular formula is C18H16ClN3O4S2. The molecule has 0 fully saturated rings. The Morgan fingerprint density at radius 3 is 2.61 bits per heavy atom. The minimum absolute atomic E-state index is 0.0161. The Balaban J connectivity index is 2.06. The summed E-state index contributed by atoms with van der Waals surface area (Å²) in [5, 5.41) is 12.6. The van der Waals surface area contributed by atoms with Gasteiger partial charge in [0.1, 0.15) is 18.1 Å². The molecule has 3 N–H and O–H groups in total. The number of halogens is 1. The molecule has 0 aliphatic carbocycles. The fourth-order valence-corrected chi connectivity index (χ4v) is 4.39. The first-order valence-corrected chi connectivity index (χ1v) is 10.2. The summed E-state index contributed by atoms with van der Waals surface area (Å²) in [5.74, 6) is -1.45. The van der Waals surface area contributed by atoms with Crippen molar-refractivity contribution in [1.29, 1.82) is 5.26 Å². The Morgan fingerprint density at radius 2 is 2.00 bits per heavy atom. The highest BCUT2D eigenvalue weighted by atomic mass is 35.5. The van der Waals surface area contributed by atoms with Crippen molar-refractivity contribution in [3.63, 3.8) is 0 Å². The number of anilines is 2. The van der Waals surface area contributed by atoms with Gasteiger partial charge in [0, 0.05) is 10.7 Å². The van der Waals surface area contributed by atoms with Crippen LogP contribution in [0.5, 0.6) is 0 Å². The fraction of sp³-hybridized carbons (Fsp3) is 0.222. The molecular weight excluding hydrogens is 422 g/mol. The number of ketones is 1. The monoisotopic (exact) mass is 437 g/mol. The minimum Gasteiger partial charge on any atom is -0.466 e. The molecule has 0 radical (unpaired) electrons. The topological polar surface area (TPSA) is 122 Å². The molecule has 1 heterocycles. The number of thiophene rings is 1. The number of ether oxygens (including phenoxy) is 1. The van der Waals surface area contributed by atoms with Crippen molar-refractivity contribution in [3.8, 4) is 6.07 Å². The van der Waals surface area contributed by atoms with Crippen LogP contribution < -0.4 is 11.1 Å². The van der Waals surface area contributed by atoms with Crippen LogP contribution >= 0.6 is 34.7 Å². The van der Waals surface area contributed by atoms with Gasteiger partial charge in [-0.2, -0.15) is 5.26 Å². The van der Waals surface area contributed by atoms with Crippen molar-refractivity contribution in [2.24, 2.45) is 0 Å². The lowest BCUT2D eigenvalue weighted by atomic mass is 10.2. The molecule has 28 heavy (non-hydrogen) atoms. The Kier molecular flexibility index (Phi) is 7.87. The van der Waals surface area contributed by atoms with Gasteiger partial charge in [-0.15, -0.1) is 23.1 Å². The standard InChI is InChI=1S/C18H16ClN3O4S2/c1-2-26-15(25)7-13(23)17-16(21)12(8-20)18(28-17)27-9-14(24)22-11-5-3-10(19)4-6-11/h3-6H,2,7,9,21H2,1H3,(H,22,24). The molecule has 10 heteroatoms. The maximum Gasteiger partial charge on any atom is 0.313 e. The average Bonchev–Trinajstić information content (AvgIpc) is 2.97. The number of rotatable bonds is 8. The molecule has 1 amide bonds. The van der Waals surface area contributed by atoms with E-state index in [2.05, 4.69) is 5.32 Å². The van der Waals surface area contributed by atoms with Gasteiger partial charge in [0.15, 0.2) is 5.78 Å². The zero-order valence-electron chi connectivity index (χ0n) is 14.8. The quantitative estimate of drug-likeness (QED) is 0.279. The third-order valence-corrected chi connectivity index (χ3v) is 6.12. The first-order chi connectivity index (χ1) is 13.3. The van der Waals surface area contributed by atoms with Crippen molar-refractivity contribution in [1.82, 2.24) is 0 Å². The number of carbonyl (C=O) groups excluding carboxylic acids is 3. The highest BCUT2D eigenvalue weighted by Gasteiger charge is 2.23. The maximum atomic E-state index is 12.3. The zero-order valence-corrected chi connectivity index (χ0v) is 17.2. The molecule has 2 aromatic rings. The van der Waals surface area contributed by atoms with Gasteiger partial charge < -0.3 is 15.8 Å². The first-order valence-electron chi connectivity index (χ1n) is 8.05. The number of nitriles is 1. The van der Waals surface area contributed by atoms with Crippen molar-refractivity contribution in [2.75, 3.05) is 23.4 Å². The number of benzene rings is 1. The second-order valence-corrected chi connectivity index (χ2v) is 8.07. The lowest BCUT2D eigenvalue weighted by Crippen LogP contribution is -2.13. The molecule has 0 saturated carbocycles. The molecule has 1 aromatic carbocycles. The van der Waals surface area contributed by atoms with E-state index in [0.29, 0.717) is 14.9 Å². The number of carbonyl (C=O) groups is 3. The summed E-state index contributed by atoms with van der Waals surface area (Å²) in [6.07, 6.45) is -0.454. The van der Waals surface area contributed by atoms with Crippen LogP contribution in [0.25, 0.3) is 0 Å². The summed E-state index contributed by atoms with van der Waals surface area (Å²) >= 11 is 7.88. The van der Waals surface area contributed by atoms with Crippen LogP contribution in [0, 0.1) is 11.3 Å². The van der Waals surface area contributed by atoms with E-state index >= 15 is 0 Å². The van der Waals surface area contributed by atoms with E-state index in [0.717, 1.165) is 23.1 Å². The van der Waals surface area contributed by atoms with Crippen molar-refractivity contribution in [3.05, 3.63) is 39.7 Å². The molecule has 0 spiro atoms. The van der Waals surface area contributed by atoms with Gasteiger partial charge in [0.25, 0.3) is 0 Å². The van der Waals surface area contributed by atoms with Gasteiger partial charge in [0.05, 0.1) is 27.1 Å². The predicted octanol–water partition coefficient (Wildman–Crippen LogP) is 3.72. The summed E-state index contributed by atoms with van der Waals surface area (Å²) in [5.41, 5.74) is 6.63. The van der Waals surface area contributed by atoms with Crippen LogP contribution in [0.1, 0.15) is 28.6 Å². The summed E-state index contributed by atoms with van der Waals surface area (Å²) in [4.78, 5) is 36.0. The highest BCUT2D eigenvalue weighted by molar-refractivity contribution is 8.01. The molecule has 0 atom stereocenters. The largest absolute Gasteiger partial charge is 0.466 e. The third kappa shape index (κ3) is 5.73. The summed E-state index contributed by atoms with van der Waals surface area (Å²) in [7, 11) is 0. The minimum atomic E-state index is -0.657. The summed E-state index contributed by atoms with van der Waals surface area (Å²) in [6, 6.07) is 8.59. The normalized spacial score (nSPS) is 10.2. The number of nitrogens with zero attached hydrogens (tertiary/aromatic N) is 1. The summed E-state index contributed by atoms with van der Waals surface area (Å²) in [6.45, 7) is 1.80. The maximum absolute atomic E-state index is 12.3. The number of Topliss-reactive ketones (excluding diaryl/α,β-unsaturated/α-hetero) is 1. The van der Waals surface area contributed by atoms with Crippen molar-refractivity contribution in [2.45, 2.75) is 17.6 Å². The molecule has 1 aromatic heterocycles. The van der Waals surface area contributed by atoms with Crippen LogP contribution in [0.3, 0.4) is 0 Å². The first kappa shape index (κ1) is 21.8. The van der Waals surface area contributed by atoms with Gasteiger partial charge in [-0.25, -0.2) is 0 Å². The van der Waals surface area contributed by atoms with Gasteiger partial charge in [-0.05, 0) is 31.2 Å². The fourth-order valence-electron chi connectivity index (χ4n) is 2.12. The molecule has 0 aliphatic heterocycles. The Morgan fingerprint density at radius 1 is 1.32 bits per heavy atom. The molecule has 146 valence electrons. The highest BCUT2D eigenvalue weighted by Crippen LogP contribution is 2.38. The number of thioether (sulfide) groups is 1. The number of nitrogen functional groups attached to an aromatic ring is 1. The van der Waals surface area contributed by atoms with Crippen molar-refractivity contribution >= 4 is 63.7 Å². The third-order valence-electron chi connectivity index (χ3n) is 3.35. The molecule has 0 unspecified atom stereocenters. The Bertz CT molecular complexity index is 936. The predicted molar refractivity (Wildman–Crippen MR) is 110 cm³/mol. The van der Waals surface area contributed by atoms with Crippen LogP contribution in [0.15, 0.2) is 28.5 Å². The summed E-state index contributed by atoms with van der Waals surface area (Å²) < 4.78 is 5.20. The van der Waals surface area contributed by atoms with Gasteiger partial charge in [0.2, 0.25) is 5.91 Å². The molecule has 0 saturated heterocycles. The van der Waals surface area contributed by atoms with Crippen LogP contribution in [0.2, 0.25) is 5.02 Å². The van der Waals surface area contributed by atoms with E-state index in [4.69, 9.17) is 22.1 Å². The van der Waals surface area contributed by atoms with E-state index in [1.807, 2.05) is 6.07 Å². The van der Waals surface area contributed by atoms with Gasteiger partial charge in [-0.3, -0.25) is 14.4 Å². The van der Waals surface area contributed by atoms with Crippen LogP contribution in [-0.2, 0) is 14.3 Å². The average molecular weight is 438 g/mol. The number of hydrogen-bond donors (Lipinski definition) is 2. The number of esters is 1. The van der Waals surface area contributed by atoms with E-state index in [-0.39, 0.29) is 34.4 Å². The molecule has 7 nitrogen and oxygen atoms in total. The molecule has 0 bridgehead atoms. The SMILES string of the molecule is CCOC(=O)CC(=O)c1sc(SCC(=O)Nc2ccc(Cl)cc2)c(C#N)c1N. The van der Waals surface area contributed by atoms with Crippen LogP contribution in [0.4, 0.5) is 11.4 Å². The van der Waals surface area contributed by atoms with Crippen LogP contribution in [-0.4, -0.2) is 30.0 Å². The number of amides is 1. The Labute approximate surface area is 174 Å². The number of nitrogens with two attached hydrogens (primary N) is 1. The lowest BCUT2D eigenvalue weighted by molar-refractivity contribution is -0.141. The van der Waals surface area contributed by atoms with E-state index in [1.54, 1.807) is 31.2 Å².